The van der Waals surface area contributed by atoms with E-state index in [4.69, 9.17) is 5.73 Å². The SMILES string of the molecule is CCc1ccc(CNC(=O)c2c(N)c(C)nn2CC)cc1. The van der Waals surface area contributed by atoms with Gasteiger partial charge in [0.1, 0.15) is 5.69 Å². The van der Waals surface area contributed by atoms with Crippen LogP contribution in [0.4, 0.5) is 5.69 Å². The van der Waals surface area contributed by atoms with Gasteiger partial charge in [-0.1, -0.05) is 31.2 Å². The van der Waals surface area contributed by atoms with Crippen LogP contribution in [-0.4, -0.2) is 15.7 Å². The van der Waals surface area contributed by atoms with Gasteiger partial charge in [0.05, 0.1) is 11.4 Å². The highest BCUT2D eigenvalue weighted by Crippen LogP contribution is 2.16. The summed E-state index contributed by atoms with van der Waals surface area (Å²) < 4.78 is 1.64. The van der Waals surface area contributed by atoms with Gasteiger partial charge in [-0.05, 0) is 31.4 Å². The van der Waals surface area contributed by atoms with E-state index in [1.54, 1.807) is 4.68 Å². The molecule has 2 rings (SSSR count). The Kier molecular flexibility index (Phi) is 4.62. The van der Waals surface area contributed by atoms with E-state index < -0.39 is 0 Å². The molecule has 2 aromatic rings. The molecule has 1 aromatic carbocycles. The summed E-state index contributed by atoms with van der Waals surface area (Å²) in [4.78, 5) is 12.3. The molecule has 0 aliphatic carbocycles. The number of nitrogen functional groups attached to an aromatic ring is 1. The molecule has 5 heteroatoms. The number of aromatic nitrogens is 2. The van der Waals surface area contributed by atoms with Crippen molar-refractivity contribution in [2.24, 2.45) is 0 Å². The fraction of sp³-hybridized carbons (Fsp3) is 0.375. The number of hydrogen-bond acceptors (Lipinski definition) is 3. The minimum absolute atomic E-state index is 0.186. The summed E-state index contributed by atoms with van der Waals surface area (Å²) in [7, 11) is 0. The Morgan fingerprint density at radius 1 is 1.24 bits per heavy atom. The average molecular weight is 286 g/mol. The van der Waals surface area contributed by atoms with Crippen LogP contribution in [-0.2, 0) is 19.5 Å². The van der Waals surface area contributed by atoms with Crippen LogP contribution in [0.5, 0.6) is 0 Å². The molecule has 0 spiro atoms. The van der Waals surface area contributed by atoms with Crippen molar-refractivity contribution in [3.05, 3.63) is 46.8 Å². The van der Waals surface area contributed by atoms with Gasteiger partial charge in [-0.15, -0.1) is 0 Å². The maximum atomic E-state index is 12.3. The van der Waals surface area contributed by atoms with Crippen LogP contribution in [0.25, 0.3) is 0 Å². The third-order valence-electron chi connectivity index (χ3n) is 3.57. The number of hydrogen-bond donors (Lipinski definition) is 2. The van der Waals surface area contributed by atoms with Gasteiger partial charge in [0.25, 0.3) is 5.91 Å². The van der Waals surface area contributed by atoms with Crippen LogP contribution in [0.3, 0.4) is 0 Å². The number of rotatable bonds is 5. The summed E-state index contributed by atoms with van der Waals surface area (Å²) in [5.74, 6) is -0.186. The second-order valence-electron chi connectivity index (χ2n) is 5.02. The first-order chi connectivity index (χ1) is 10.1. The van der Waals surface area contributed by atoms with Gasteiger partial charge in [0.15, 0.2) is 0 Å². The van der Waals surface area contributed by atoms with Crippen LogP contribution in [0.1, 0.15) is 41.2 Å². The van der Waals surface area contributed by atoms with Gasteiger partial charge >= 0.3 is 0 Å². The number of nitrogens with two attached hydrogens (primary N) is 1. The second-order valence-corrected chi connectivity index (χ2v) is 5.02. The molecular formula is C16H22N4O. The molecular weight excluding hydrogens is 264 g/mol. The highest BCUT2D eigenvalue weighted by molar-refractivity contribution is 5.97. The van der Waals surface area contributed by atoms with Crippen molar-refractivity contribution in [2.45, 2.75) is 40.3 Å². The fourth-order valence-electron chi connectivity index (χ4n) is 2.22. The lowest BCUT2D eigenvalue weighted by atomic mass is 10.1. The predicted octanol–water partition coefficient (Wildman–Crippen LogP) is 2.29. The zero-order valence-electron chi connectivity index (χ0n) is 12.8. The van der Waals surface area contributed by atoms with Crippen LogP contribution in [0.2, 0.25) is 0 Å². The Morgan fingerprint density at radius 2 is 1.86 bits per heavy atom. The van der Waals surface area contributed by atoms with Crippen molar-refractivity contribution in [1.82, 2.24) is 15.1 Å². The maximum absolute atomic E-state index is 12.3. The molecule has 1 aromatic heterocycles. The van der Waals surface area contributed by atoms with E-state index in [9.17, 15) is 4.79 Å². The van der Waals surface area contributed by atoms with Crippen molar-refractivity contribution < 1.29 is 4.79 Å². The topological polar surface area (TPSA) is 72.9 Å². The normalized spacial score (nSPS) is 10.6. The highest BCUT2D eigenvalue weighted by atomic mass is 16.2. The zero-order valence-corrected chi connectivity index (χ0v) is 12.8. The standard InChI is InChI=1S/C16H22N4O/c1-4-12-6-8-13(9-7-12)10-18-16(21)15-14(17)11(3)19-20(15)5-2/h6-9H,4-5,10,17H2,1-3H3,(H,18,21). The number of carbonyl (C=O) groups excluding carboxylic acids is 1. The molecule has 0 saturated heterocycles. The molecule has 3 N–H and O–H groups in total. The molecule has 0 radical (unpaired) electrons. The number of nitrogens with zero attached hydrogens (tertiary/aromatic N) is 2. The van der Waals surface area contributed by atoms with Crippen molar-refractivity contribution in [3.63, 3.8) is 0 Å². The van der Waals surface area contributed by atoms with Gasteiger partial charge in [-0.3, -0.25) is 9.48 Å². The molecule has 1 amide bonds. The summed E-state index contributed by atoms with van der Waals surface area (Å²) >= 11 is 0. The van der Waals surface area contributed by atoms with E-state index in [1.165, 1.54) is 5.56 Å². The zero-order chi connectivity index (χ0) is 15.4. The van der Waals surface area contributed by atoms with Gasteiger partial charge in [-0.25, -0.2) is 0 Å². The summed E-state index contributed by atoms with van der Waals surface area (Å²) in [5, 5.41) is 7.16. The minimum atomic E-state index is -0.186. The maximum Gasteiger partial charge on any atom is 0.271 e. The van der Waals surface area contributed by atoms with Crippen molar-refractivity contribution >= 4 is 11.6 Å². The van der Waals surface area contributed by atoms with Crippen LogP contribution < -0.4 is 11.1 Å². The molecule has 0 atom stereocenters. The minimum Gasteiger partial charge on any atom is -0.395 e. The van der Waals surface area contributed by atoms with Crippen LogP contribution >= 0.6 is 0 Å². The largest absolute Gasteiger partial charge is 0.395 e. The lowest BCUT2D eigenvalue weighted by Gasteiger charge is -2.08. The monoisotopic (exact) mass is 286 g/mol. The summed E-state index contributed by atoms with van der Waals surface area (Å²) in [6, 6.07) is 8.22. The third-order valence-corrected chi connectivity index (χ3v) is 3.57. The van der Waals surface area contributed by atoms with Crippen LogP contribution in [0.15, 0.2) is 24.3 Å². The fourth-order valence-corrected chi connectivity index (χ4v) is 2.22. The number of aryl methyl sites for hydroxylation is 3. The Labute approximate surface area is 125 Å². The molecule has 0 aliphatic rings. The molecule has 0 unspecified atom stereocenters. The molecule has 1 heterocycles. The molecule has 5 nitrogen and oxygen atoms in total. The summed E-state index contributed by atoms with van der Waals surface area (Å²) in [6.45, 7) is 6.96. The smallest absolute Gasteiger partial charge is 0.271 e. The van der Waals surface area contributed by atoms with Crippen LogP contribution in [0, 0.1) is 6.92 Å². The van der Waals surface area contributed by atoms with E-state index in [0.29, 0.717) is 30.2 Å². The number of benzene rings is 1. The van der Waals surface area contributed by atoms with E-state index in [2.05, 4.69) is 29.5 Å². The van der Waals surface area contributed by atoms with Crippen molar-refractivity contribution in [2.75, 3.05) is 5.73 Å². The first kappa shape index (κ1) is 15.1. The predicted molar refractivity (Wildman–Crippen MR) is 84.0 cm³/mol. The highest BCUT2D eigenvalue weighted by Gasteiger charge is 2.18. The third kappa shape index (κ3) is 3.24. The molecule has 0 fully saturated rings. The summed E-state index contributed by atoms with van der Waals surface area (Å²) in [5.41, 5.74) is 9.88. The average Bonchev–Trinajstić information content (AvgIpc) is 2.80. The number of carbonyl (C=O) groups is 1. The quantitative estimate of drug-likeness (QED) is 0.885. The van der Waals surface area contributed by atoms with E-state index in [0.717, 1.165) is 12.0 Å². The van der Waals surface area contributed by atoms with E-state index in [1.807, 2.05) is 26.0 Å². The molecule has 0 aliphatic heterocycles. The van der Waals surface area contributed by atoms with E-state index >= 15 is 0 Å². The van der Waals surface area contributed by atoms with E-state index in [-0.39, 0.29) is 5.91 Å². The molecule has 0 saturated carbocycles. The van der Waals surface area contributed by atoms with Gasteiger partial charge in [0, 0.05) is 13.1 Å². The second kappa shape index (κ2) is 6.43. The molecule has 21 heavy (non-hydrogen) atoms. The number of anilines is 1. The van der Waals surface area contributed by atoms with Gasteiger partial charge in [0.2, 0.25) is 0 Å². The Morgan fingerprint density at radius 3 is 2.43 bits per heavy atom. The lowest BCUT2D eigenvalue weighted by molar-refractivity contribution is 0.0941. The van der Waals surface area contributed by atoms with Gasteiger partial charge < -0.3 is 11.1 Å². The lowest BCUT2D eigenvalue weighted by Crippen LogP contribution is -2.26. The Balaban J connectivity index is 2.07. The molecule has 0 bridgehead atoms. The molecule has 112 valence electrons. The van der Waals surface area contributed by atoms with Gasteiger partial charge in [-0.2, -0.15) is 5.10 Å². The first-order valence-corrected chi connectivity index (χ1v) is 7.25. The number of nitrogens with one attached hydrogen (secondary N) is 1. The van der Waals surface area contributed by atoms with Crippen molar-refractivity contribution in [1.29, 1.82) is 0 Å². The first-order valence-electron chi connectivity index (χ1n) is 7.25. The summed E-state index contributed by atoms with van der Waals surface area (Å²) in [6.07, 6.45) is 1.01. The number of amides is 1. The Hall–Kier alpha value is -2.30. The van der Waals surface area contributed by atoms with Crippen molar-refractivity contribution in [3.8, 4) is 0 Å². The Bertz CT molecular complexity index is 628.